The van der Waals surface area contributed by atoms with E-state index in [-0.39, 0.29) is 25.2 Å². The van der Waals surface area contributed by atoms with Gasteiger partial charge in [0.25, 0.3) is 0 Å². The molecular formula is C19H24N2O5. The molecule has 7 nitrogen and oxygen atoms in total. The molecule has 26 heavy (non-hydrogen) atoms. The lowest BCUT2D eigenvalue weighted by molar-refractivity contribution is -0.126. The summed E-state index contributed by atoms with van der Waals surface area (Å²) in [6.45, 7) is 3.33. The van der Waals surface area contributed by atoms with Crippen molar-refractivity contribution in [3.63, 3.8) is 0 Å². The van der Waals surface area contributed by atoms with Crippen LogP contribution in [0.15, 0.2) is 28.7 Å². The first kappa shape index (κ1) is 18.4. The van der Waals surface area contributed by atoms with Crippen molar-refractivity contribution in [2.75, 3.05) is 26.9 Å². The molecule has 0 spiro atoms. The van der Waals surface area contributed by atoms with E-state index in [1.165, 1.54) is 0 Å². The van der Waals surface area contributed by atoms with E-state index in [1.807, 2.05) is 31.2 Å². The van der Waals surface area contributed by atoms with Crippen LogP contribution in [0.4, 0.5) is 0 Å². The monoisotopic (exact) mass is 360 g/mol. The molecule has 1 amide bonds. The molecule has 1 saturated heterocycles. The van der Waals surface area contributed by atoms with Gasteiger partial charge in [-0.3, -0.25) is 4.79 Å². The van der Waals surface area contributed by atoms with Crippen molar-refractivity contribution < 1.29 is 23.4 Å². The first-order chi connectivity index (χ1) is 12.7. The van der Waals surface area contributed by atoms with Crippen LogP contribution in [0.1, 0.15) is 24.3 Å². The molecule has 1 unspecified atom stereocenters. The number of hydrogen-bond acceptors (Lipinski definition) is 6. The zero-order valence-corrected chi connectivity index (χ0v) is 15.1. The Bertz CT molecular complexity index is 737. The first-order valence-corrected chi connectivity index (χ1v) is 8.72. The Balaban J connectivity index is 1.49. The van der Waals surface area contributed by atoms with Gasteiger partial charge in [0.05, 0.1) is 19.8 Å². The number of nitrogens with one attached hydrogen (secondary N) is 1. The zero-order valence-electron chi connectivity index (χ0n) is 15.1. The molecule has 0 radical (unpaired) electrons. The van der Waals surface area contributed by atoms with Crippen LogP contribution in [-0.2, 0) is 20.9 Å². The molecule has 1 N–H and O–H groups in total. The Hall–Kier alpha value is -2.38. The number of aromatic nitrogens is 1. The van der Waals surface area contributed by atoms with Crippen molar-refractivity contribution in [2.45, 2.75) is 32.5 Å². The molecule has 140 valence electrons. The van der Waals surface area contributed by atoms with Crippen LogP contribution in [-0.4, -0.2) is 43.9 Å². The van der Waals surface area contributed by atoms with Crippen LogP contribution < -0.4 is 10.1 Å². The Morgan fingerprint density at radius 1 is 1.42 bits per heavy atom. The summed E-state index contributed by atoms with van der Waals surface area (Å²) in [5, 5.41) is 2.82. The van der Waals surface area contributed by atoms with E-state index in [0.29, 0.717) is 23.9 Å². The fourth-order valence-electron chi connectivity index (χ4n) is 2.77. The van der Waals surface area contributed by atoms with Gasteiger partial charge in [-0.05, 0) is 38.0 Å². The van der Waals surface area contributed by atoms with Gasteiger partial charge < -0.3 is 23.9 Å². The number of ether oxygens (including phenoxy) is 3. The average Bonchev–Trinajstić information content (AvgIpc) is 3.30. The Morgan fingerprint density at radius 2 is 2.31 bits per heavy atom. The summed E-state index contributed by atoms with van der Waals surface area (Å²) in [6, 6.07) is 7.49. The van der Waals surface area contributed by atoms with Gasteiger partial charge in [-0.25, -0.2) is 4.98 Å². The van der Waals surface area contributed by atoms with Gasteiger partial charge in [-0.15, -0.1) is 0 Å². The van der Waals surface area contributed by atoms with Crippen LogP contribution >= 0.6 is 0 Å². The van der Waals surface area contributed by atoms with Gasteiger partial charge >= 0.3 is 0 Å². The minimum atomic E-state index is -0.158. The number of carbonyl (C=O) groups is 1. The lowest BCUT2D eigenvalue weighted by Gasteiger charge is -2.10. The average molecular weight is 360 g/mol. The van der Waals surface area contributed by atoms with E-state index in [1.54, 1.807) is 7.11 Å². The summed E-state index contributed by atoms with van der Waals surface area (Å²) >= 11 is 0. The third kappa shape index (κ3) is 4.83. The van der Waals surface area contributed by atoms with Crippen molar-refractivity contribution >= 4 is 5.91 Å². The van der Waals surface area contributed by atoms with E-state index < -0.39 is 0 Å². The molecular weight excluding hydrogens is 336 g/mol. The van der Waals surface area contributed by atoms with Gasteiger partial charge in [-0.2, -0.15) is 0 Å². The third-order valence-corrected chi connectivity index (χ3v) is 4.23. The second-order valence-electron chi connectivity index (χ2n) is 6.19. The Morgan fingerprint density at radius 3 is 3.08 bits per heavy atom. The summed E-state index contributed by atoms with van der Waals surface area (Å²) in [5.74, 6) is 1.75. The fraction of sp³-hybridized carbons (Fsp3) is 0.474. The minimum absolute atomic E-state index is 0.0203. The second-order valence-corrected chi connectivity index (χ2v) is 6.19. The molecule has 0 saturated carbocycles. The molecule has 1 aliphatic rings. The maximum Gasteiger partial charge on any atom is 0.246 e. The molecule has 1 fully saturated rings. The van der Waals surface area contributed by atoms with E-state index in [0.717, 1.165) is 30.8 Å². The topological polar surface area (TPSA) is 82.8 Å². The number of rotatable bonds is 8. The minimum Gasteiger partial charge on any atom is -0.497 e. The molecule has 3 rings (SSSR count). The maximum absolute atomic E-state index is 11.8. The highest BCUT2D eigenvalue weighted by atomic mass is 16.5. The van der Waals surface area contributed by atoms with Gasteiger partial charge in [0.2, 0.25) is 11.8 Å². The summed E-state index contributed by atoms with van der Waals surface area (Å²) in [7, 11) is 1.61. The van der Waals surface area contributed by atoms with E-state index in [9.17, 15) is 4.79 Å². The second kappa shape index (κ2) is 8.82. The highest BCUT2D eigenvalue weighted by Gasteiger charge is 2.16. The van der Waals surface area contributed by atoms with Crippen LogP contribution in [0.25, 0.3) is 11.5 Å². The lowest BCUT2D eigenvalue weighted by Crippen LogP contribution is -2.34. The van der Waals surface area contributed by atoms with Crippen LogP contribution in [0.3, 0.4) is 0 Å². The molecule has 7 heteroatoms. The highest BCUT2D eigenvalue weighted by molar-refractivity contribution is 5.77. The smallest absolute Gasteiger partial charge is 0.246 e. The molecule has 2 heterocycles. The Kier molecular flexibility index (Phi) is 6.25. The van der Waals surface area contributed by atoms with Crippen molar-refractivity contribution in [1.29, 1.82) is 0 Å². The van der Waals surface area contributed by atoms with Crippen molar-refractivity contribution in [2.24, 2.45) is 0 Å². The van der Waals surface area contributed by atoms with Gasteiger partial charge in [0, 0.05) is 18.7 Å². The number of aryl methyl sites for hydroxylation is 1. The summed E-state index contributed by atoms with van der Waals surface area (Å²) < 4.78 is 21.9. The van der Waals surface area contributed by atoms with E-state index in [4.69, 9.17) is 18.6 Å². The molecule has 1 aromatic heterocycles. The lowest BCUT2D eigenvalue weighted by atomic mass is 10.2. The summed E-state index contributed by atoms with van der Waals surface area (Å²) in [4.78, 5) is 16.3. The highest BCUT2D eigenvalue weighted by Crippen LogP contribution is 2.25. The number of oxazole rings is 1. The number of benzene rings is 1. The van der Waals surface area contributed by atoms with Gasteiger partial charge in [0.1, 0.15) is 23.8 Å². The third-order valence-electron chi connectivity index (χ3n) is 4.23. The van der Waals surface area contributed by atoms with E-state index >= 15 is 0 Å². The molecule has 0 aliphatic carbocycles. The number of amides is 1. The van der Waals surface area contributed by atoms with Crippen molar-refractivity contribution in [1.82, 2.24) is 10.3 Å². The number of hydrogen-bond donors (Lipinski definition) is 1. The fourth-order valence-corrected chi connectivity index (χ4v) is 2.77. The largest absolute Gasteiger partial charge is 0.497 e. The first-order valence-electron chi connectivity index (χ1n) is 8.72. The molecule has 1 atom stereocenters. The van der Waals surface area contributed by atoms with Crippen LogP contribution in [0.5, 0.6) is 5.75 Å². The van der Waals surface area contributed by atoms with Crippen LogP contribution in [0.2, 0.25) is 0 Å². The molecule has 1 aromatic carbocycles. The van der Waals surface area contributed by atoms with Crippen LogP contribution in [0, 0.1) is 6.92 Å². The molecule has 0 bridgehead atoms. The summed E-state index contributed by atoms with van der Waals surface area (Å²) in [6.07, 6.45) is 2.17. The molecule has 2 aromatic rings. The number of carbonyl (C=O) groups excluding carboxylic acids is 1. The van der Waals surface area contributed by atoms with E-state index in [2.05, 4.69) is 10.3 Å². The SMILES string of the molecule is COc1cccc(-c2nc(COCC(=O)NCC3CCCO3)c(C)o2)c1. The summed E-state index contributed by atoms with van der Waals surface area (Å²) in [5.41, 5.74) is 1.50. The Labute approximate surface area is 152 Å². The quantitative estimate of drug-likeness (QED) is 0.779. The maximum atomic E-state index is 11.8. The predicted octanol–water partition coefficient (Wildman–Crippen LogP) is 2.47. The standard InChI is InChI=1S/C19H24N2O5/c1-13-17(11-24-12-18(22)20-10-16-7-4-8-25-16)21-19(26-13)14-5-3-6-15(9-14)23-2/h3,5-6,9,16H,4,7-8,10-12H2,1-2H3,(H,20,22). The van der Waals surface area contributed by atoms with Gasteiger partial charge in [-0.1, -0.05) is 6.07 Å². The zero-order chi connectivity index (χ0) is 18.4. The molecule has 1 aliphatic heterocycles. The number of nitrogens with zero attached hydrogens (tertiary/aromatic N) is 1. The van der Waals surface area contributed by atoms with Crippen molar-refractivity contribution in [3.05, 3.63) is 35.7 Å². The normalized spacial score (nSPS) is 16.6. The van der Waals surface area contributed by atoms with Gasteiger partial charge in [0.15, 0.2) is 0 Å². The van der Waals surface area contributed by atoms with Crippen molar-refractivity contribution in [3.8, 4) is 17.2 Å². The number of methoxy groups -OCH3 is 1. The predicted molar refractivity (Wildman–Crippen MR) is 94.9 cm³/mol.